The van der Waals surface area contributed by atoms with Crippen molar-refractivity contribution < 1.29 is 27.5 Å². The quantitative estimate of drug-likeness (QED) is 0.820. The van der Waals surface area contributed by atoms with Gasteiger partial charge in [0.05, 0.1) is 11.1 Å². The van der Waals surface area contributed by atoms with E-state index in [9.17, 15) is 22.4 Å². The van der Waals surface area contributed by atoms with Crippen molar-refractivity contribution in [3.8, 4) is 0 Å². The van der Waals surface area contributed by atoms with E-state index in [1.807, 2.05) is 0 Å². The van der Waals surface area contributed by atoms with Crippen molar-refractivity contribution in [3.05, 3.63) is 35.1 Å². The second kappa shape index (κ2) is 6.69. The number of carbonyl (C=O) groups excluding carboxylic acids is 1. The Morgan fingerprint density at radius 3 is 2.60 bits per heavy atom. The molecule has 0 saturated carbocycles. The Kier molecular flexibility index (Phi) is 5.50. The van der Waals surface area contributed by atoms with Gasteiger partial charge in [0.1, 0.15) is 5.82 Å². The molecule has 20 heavy (non-hydrogen) atoms. The van der Waals surface area contributed by atoms with Crippen molar-refractivity contribution in [1.29, 1.82) is 0 Å². The number of alkyl halides is 3. The van der Waals surface area contributed by atoms with Gasteiger partial charge in [-0.15, -0.1) is 0 Å². The average molecular weight is 293 g/mol. The molecule has 2 N–H and O–H groups in total. The molecule has 0 spiro atoms. The van der Waals surface area contributed by atoms with Crippen molar-refractivity contribution in [1.82, 2.24) is 5.32 Å². The fourth-order valence-corrected chi connectivity index (χ4v) is 1.72. The van der Waals surface area contributed by atoms with Gasteiger partial charge in [0.15, 0.2) is 0 Å². The number of hydrogen-bond donors (Lipinski definition) is 2. The Labute approximate surface area is 113 Å². The first-order valence-corrected chi connectivity index (χ1v) is 6.04. The third kappa shape index (κ3) is 4.48. The van der Waals surface area contributed by atoms with Crippen LogP contribution in [-0.4, -0.2) is 23.7 Å². The number of hydrogen-bond acceptors (Lipinski definition) is 2. The Balaban J connectivity index is 2.93. The van der Waals surface area contributed by atoms with Crippen LogP contribution in [0.1, 0.15) is 35.7 Å². The molecular weight excluding hydrogens is 278 g/mol. The van der Waals surface area contributed by atoms with Crippen LogP contribution < -0.4 is 5.32 Å². The van der Waals surface area contributed by atoms with E-state index in [0.717, 1.165) is 12.1 Å². The maximum absolute atomic E-state index is 12.9. The summed E-state index contributed by atoms with van der Waals surface area (Å²) >= 11 is 0. The van der Waals surface area contributed by atoms with Gasteiger partial charge in [0, 0.05) is 12.6 Å². The highest BCUT2D eigenvalue weighted by atomic mass is 19.4. The molecule has 0 radical (unpaired) electrons. The summed E-state index contributed by atoms with van der Waals surface area (Å²) in [7, 11) is 0. The van der Waals surface area contributed by atoms with Gasteiger partial charge in [0.2, 0.25) is 0 Å². The zero-order valence-electron chi connectivity index (χ0n) is 10.8. The van der Waals surface area contributed by atoms with E-state index in [4.69, 9.17) is 5.11 Å². The molecule has 1 atom stereocenters. The predicted molar refractivity (Wildman–Crippen MR) is 64.7 cm³/mol. The standard InChI is InChI=1S/C13H15F4NO2/c1-8(3-2-6-19)18-12(20)10-5-4-9(14)7-11(10)13(15,16)17/h4-5,7-8,19H,2-3,6H2,1H3,(H,18,20). The van der Waals surface area contributed by atoms with Crippen LogP contribution in [0.2, 0.25) is 0 Å². The third-order valence-electron chi connectivity index (χ3n) is 2.70. The van der Waals surface area contributed by atoms with Crippen LogP contribution in [0, 0.1) is 5.82 Å². The zero-order chi connectivity index (χ0) is 15.3. The molecule has 1 rings (SSSR count). The van der Waals surface area contributed by atoms with Crippen LogP contribution >= 0.6 is 0 Å². The fourth-order valence-electron chi connectivity index (χ4n) is 1.72. The van der Waals surface area contributed by atoms with E-state index in [1.54, 1.807) is 6.92 Å². The Bertz CT molecular complexity index is 474. The maximum Gasteiger partial charge on any atom is 0.417 e. The molecule has 0 bridgehead atoms. The summed E-state index contributed by atoms with van der Waals surface area (Å²) in [6, 6.07) is 1.53. The van der Waals surface area contributed by atoms with Crippen molar-refractivity contribution in [2.45, 2.75) is 32.0 Å². The summed E-state index contributed by atoms with van der Waals surface area (Å²) in [6.07, 6.45) is -3.94. The van der Waals surface area contributed by atoms with Crippen LogP contribution in [0.5, 0.6) is 0 Å². The summed E-state index contributed by atoms with van der Waals surface area (Å²) in [5, 5.41) is 11.0. The first-order valence-electron chi connectivity index (χ1n) is 6.04. The fraction of sp³-hybridized carbons (Fsp3) is 0.462. The molecule has 0 aliphatic heterocycles. The first kappa shape index (κ1) is 16.4. The minimum absolute atomic E-state index is 0.0649. The van der Waals surface area contributed by atoms with E-state index in [2.05, 4.69) is 5.32 Å². The minimum atomic E-state index is -4.80. The third-order valence-corrected chi connectivity index (χ3v) is 2.70. The molecule has 0 fully saturated rings. The normalized spacial score (nSPS) is 13.1. The highest BCUT2D eigenvalue weighted by Crippen LogP contribution is 2.32. The number of aliphatic hydroxyl groups is 1. The maximum atomic E-state index is 12.9. The van der Waals surface area contributed by atoms with Crippen LogP contribution in [0.15, 0.2) is 18.2 Å². The second-order valence-corrected chi connectivity index (χ2v) is 4.43. The molecule has 1 amide bonds. The number of halogens is 4. The SMILES string of the molecule is CC(CCCO)NC(=O)c1ccc(F)cc1C(F)(F)F. The molecule has 0 saturated heterocycles. The van der Waals surface area contributed by atoms with Gasteiger partial charge in [-0.25, -0.2) is 4.39 Å². The van der Waals surface area contributed by atoms with Crippen LogP contribution in [-0.2, 0) is 6.18 Å². The van der Waals surface area contributed by atoms with Crippen molar-refractivity contribution in [2.75, 3.05) is 6.61 Å². The van der Waals surface area contributed by atoms with Crippen LogP contribution in [0.25, 0.3) is 0 Å². The number of nitrogens with one attached hydrogen (secondary N) is 1. The smallest absolute Gasteiger partial charge is 0.396 e. The number of aliphatic hydroxyl groups excluding tert-OH is 1. The predicted octanol–water partition coefficient (Wildman–Crippen LogP) is 2.74. The lowest BCUT2D eigenvalue weighted by Gasteiger charge is -2.16. The highest BCUT2D eigenvalue weighted by molar-refractivity contribution is 5.96. The average Bonchev–Trinajstić information content (AvgIpc) is 2.35. The largest absolute Gasteiger partial charge is 0.417 e. The number of rotatable bonds is 5. The van der Waals surface area contributed by atoms with Crippen LogP contribution in [0.3, 0.4) is 0 Å². The lowest BCUT2D eigenvalue weighted by Crippen LogP contribution is -2.34. The molecule has 0 aliphatic rings. The minimum Gasteiger partial charge on any atom is -0.396 e. The van der Waals surface area contributed by atoms with Crippen molar-refractivity contribution >= 4 is 5.91 Å². The van der Waals surface area contributed by atoms with Crippen molar-refractivity contribution in [3.63, 3.8) is 0 Å². The van der Waals surface area contributed by atoms with Gasteiger partial charge < -0.3 is 10.4 Å². The Hall–Kier alpha value is -1.63. The van der Waals surface area contributed by atoms with E-state index in [1.165, 1.54) is 0 Å². The van der Waals surface area contributed by atoms with Crippen LogP contribution in [0.4, 0.5) is 17.6 Å². The summed E-state index contributed by atoms with van der Waals surface area (Å²) in [6.45, 7) is 1.55. The van der Waals surface area contributed by atoms with Gasteiger partial charge in [0.25, 0.3) is 5.91 Å². The molecule has 112 valence electrons. The monoisotopic (exact) mass is 293 g/mol. The number of amides is 1. The molecule has 0 aliphatic carbocycles. The molecule has 3 nitrogen and oxygen atoms in total. The van der Waals surface area contributed by atoms with E-state index >= 15 is 0 Å². The van der Waals surface area contributed by atoms with E-state index < -0.39 is 29.0 Å². The molecule has 0 aromatic heterocycles. The Morgan fingerprint density at radius 1 is 1.40 bits per heavy atom. The first-order chi connectivity index (χ1) is 9.25. The van der Waals surface area contributed by atoms with Gasteiger partial charge in [-0.1, -0.05) is 0 Å². The zero-order valence-corrected chi connectivity index (χ0v) is 10.8. The summed E-state index contributed by atoms with van der Waals surface area (Å²) in [5.41, 5.74) is -1.92. The molecule has 0 heterocycles. The molecule has 7 heteroatoms. The highest BCUT2D eigenvalue weighted by Gasteiger charge is 2.35. The Morgan fingerprint density at radius 2 is 2.05 bits per heavy atom. The number of benzene rings is 1. The summed E-state index contributed by atoms with van der Waals surface area (Å²) in [4.78, 5) is 11.8. The molecule has 1 aromatic rings. The molecule has 1 unspecified atom stereocenters. The molecule has 1 aromatic carbocycles. The van der Waals surface area contributed by atoms with Gasteiger partial charge in [-0.3, -0.25) is 4.79 Å². The summed E-state index contributed by atoms with van der Waals surface area (Å²) in [5.74, 6) is -1.97. The van der Waals surface area contributed by atoms with E-state index in [-0.39, 0.29) is 12.6 Å². The lowest BCUT2D eigenvalue weighted by molar-refractivity contribution is -0.138. The van der Waals surface area contributed by atoms with E-state index in [0.29, 0.717) is 18.9 Å². The lowest BCUT2D eigenvalue weighted by atomic mass is 10.1. The second-order valence-electron chi connectivity index (χ2n) is 4.43. The topological polar surface area (TPSA) is 49.3 Å². The van der Waals surface area contributed by atoms with Gasteiger partial charge in [-0.2, -0.15) is 13.2 Å². The summed E-state index contributed by atoms with van der Waals surface area (Å²) < 4.78 is 51.2. The molecular formula is C13H15F4NO2. The van der Waals surface area contributed by atoms with Gasteiger partial charge in [-0.05, 0) is 38.0 Å². The van der Waals surface area contributed by atoms with Gasteiger partial charge >= 0.3 is 6.18 Å². The number of carbonyl (C=O) groups is 1. The van der Waals surface area contributed by atoms with Crippen molar-refractivity contribution in [2.24, 2.45) is 0 Å².